The number of rotatable bonds is 3. The highest BCUT2D eigenvalue weighted by atomic mass is 16.4. The maximum atomic E-state index is 5.70. The second-order valence-corrected chi connectivity index (χ2v) is 4.40. The van der Waals surface area contributed by atoms with Crippen molar-refractivity contribution >= 4 is 22.8 Å². The van der Waals surface area contributed by atoms with Crippen LogP contribution in [0.3, 0.4) is 0 Å². The molecule has 3 N–H and O–H groups in total. The molecule has 5 heteroatoms. The second kappa shape index (κ2) is 4.61. The molecule has 0 amide bonds. The van der Waals surface area contributed by atoms with Crippen molar-refractivity contribution in [3.05, 3.63) is 47.8 Å². The average molecular weight is 254 g/mol. The molecule has 0 radical (unpaired) electrons. The standard InChI is InChI=1S/C14H14N4O/c1-9-4-5-16-7-10(9)8-17-14-18-12-3-2-11(15)6-13(12)19-14/h2-7H,8,15H2,1H3,(H,17,18). The summed E-state index contributed by atoms with van der Waals surface area (Å²) >= 11 is 0. The molecular formula is C14H14N4O. The molecule has 2 aromatic heterocycles. The monoisotopic (exact) mass is 254 g/mol. The first-order valence-electron chi connectivity index (χ1n) is 6.02. The minimum absolute atomic E-state index is 0.490. The van der Waals surface area contributed by atoms with E-state index in [0.29, 0.717) is 23.8 Å². The molecule has 1 aromatic carbocycles. The van der Waals surface area contributed by atoms with Gasteiger partial charge in [0.15, 0.2) is 5.58 Å². The van der Waals surface area contributed by atoms with Crippen LogP contribution in [0.5, 0.6) is 0 Å². The van der Waals surface area contributed by atoms with Crippen LogP contribution in [0, 0.1) is 6.92 Å². The van der Waals surface area contributed by atoms with Crippen LogP contribution in [0.1, 0.15) is 11.1 Å². The van der Waals surface area contributed by atoms with Crippen molar-refractivity contribution in [2.24, 2.45) is 0 Å². The Balaban J connectivity index is 1.80. The van der Waals surface area contributed by atoms with Crippen LogP contribution >= 0.6 is 0 Å². The van der Waals surface area contributed by atoms with Gasteiger partial charge in [-0.2, -0.15) is 4.98 Å². The topological polar surface area (TPSA) is 77.0 Å². The van der Waals surface area contributed by atoms with E-state index in [9.17, 15) is 0 Å². The molecular weight excluding hydrogens is 240 g/mol. The first kappa shape index (κ1) is 11.5. The number of nitrogens with two attached hydrogens (primary N) is 1. The first-order chi connectivity index (χ1) is 9.22. The lowest BCUT2D eigenvalue weighted by atomic mass is 10.2. The number of oxazole rings is 1. The van der Waals surface area contributed by atoms with Crippen molar-refractivity contribution in [1.29, 1.82) is 0 Å². The lowest BCUT2D eigenvalue weighted by Crippen LogP contribution is -2.01. The minimum atomic E-state index is 0.490. The zero-order chi connectivity index (χ0) is 13.2. The summed E-state index contributed by atoms with van der Waals surface area (Å²) in [6.07, 6.45) is 3.62. The summed E-state index contributed by atoms with van der Waals surface area (Å²) < 4.78 is 5.59. The van der Waals surface area contributed by atoms with Crippen LogP contribution in [0.15, 0.2) is 41.1 Å². The molecule has 0 aliphatic heterocycles. The van der Waals surface area contributed by atoms with Gasteiger partial charge >= 0.3 is 0 Å². The number of nitrogens with one attached hydrogen (secondary N) is 1. The Kier molecular flexibility index (Phi) is 2.79. The fraction of sp³-hybridized carbons (Fsp3) is 0.143. The minimum Gasteiger partial charge on any atom is -0.423 e. The number of aryl methyl sites for hydroxylation is 1. The van der Waals surface area contributed by atoms with Gasteiger partial charge in [0.05, 0.1) is 0 Å². The van der Waals surface area contributed by atoms with Gasteiger partial charge in [0.25, 0.3) is 6.01 Å². The van der Waals surface area contributed by atoms with E-state index in [2.05, 4.69) is 15.3 Å². The summed E-state index contributed by atoms with van der Waals surface area (Å²) in [7, 11) is 0. The molecule has 0 saturated carbocycles. The van der Waals surface area contributed by atoms with Gasteiger partial charge in [0.1, 0.15) is 5.52 Å². The normalized spacial score (nSPS) is 10.8. The number of fused-ring (bicyclic) bond motifs is 1. The van der Waals surface area contributed by atoms with Gasteiger partial charge in [-0.15, -0.1) is 0 Å². The van der Waals surface area contributed by atoms with Crippen molar-refractivity contribution in [3.8, 4) is 0 Å². The zero-order valence-corrected chi connectivity index (χ0v) is 10.6. The largest absolute Gasteiger partial charge is 0.423 e. The molecule has 19 heavy (non-hydrogen) atoms. The van der Waals surface area contributed by atoms with Crippen LogP contribution in [0.2, 0.25) is 0 Å². The number of hydrogen-bond acceptors (Lipinski definition) is 5. The number of pyridine rings is 1. The molecule has 0 atom stereocenters. The molecule has 0 fully saturated rings. The Morgan fingerprint density at radius 3 is 3.05 bits per heavy atom. The van der Waals surface area contributed by atoms with E-state index in [-0.39, 0.29) is 0 Å². The quantitative estimate of drug-likeness (QED) is 0.703. The first-order valence-corrected chi connectivity index (χ1v) is 6.02. The number of anilines is 2. The van der Waals surface area contributed by atoms with E-state index in [1.807, 2.05) is 25.3 Å². The fourth-order valence-electron chi connectivity index (χ4n) is 1.87. The summed E-state index contributed by atoms with van der Waals surface area (Å²) in [6, 6.07) is 7.88. The van der Waals surface area contributed by atoms with Gasteiger partial charge in [-0.25, -0.2) is 0 Å². The second-order valence-electron chi connectivity index (χ2n) is 4.40. The number of aromatic nitrogens is 2. The van der Waals surface area contributed by atoms with Gasteiger partial charge in [-0.05, 0) is 36.2 Å². The van der Waals surface area contributed by atoms with Gasteiger partial charge in [0, 0.05) is 30.7 Å². The Morgan fingerprint density at radius 1 is 1.32 bits per heavy atom. The molecule has 0 aliphatic carbocycles. The molecule has 0 unspecified atom stereocenters. The van der Waals surface area contributed by atoms with E-state index < -0.39 is 0 Å². The predicted molar refractivity (Wildman–Crippen MR) is 74.7 cm³/mol. The van der Waals surface area contributed by atoms with Crippen LogP contribution in [0.4, 0.5) is 11.7 Å². The molecule has 0 spiro atoms. The fourth-order valence-corrected chi connectivity index (χ4v) is 1.87. The summed E-state index contributed by atoms with van der Waals surface area (Å²) in [5.74, 6) is 0. The summed E-state index contributed by atoms with van der Waals surface area (Å²) in [5, 5.41) is 3.15. The Hall–Kier alpha value is -2.56. The van der Waals surface area contributed by atoms with Crippen molar-refractivity contribution in [3.63, 3.8) is 0 Å². The van der Waals surface area contributed by atoms with E-state index in [0.717, 1.165) is 11.1 Å². The van der Waals surface area contributed by atoms with Crippen molar-refractivity contribution in [1.82, 2.24) is 9.97 Å². The van der Waals surface area contributed by atoms with E-state index in [1.165, 1.54) is 5.56 Å². The van der Waals surface area contributed by atoms with Crippen LogP contribution in [-0.4, -0.2) is 9.97 Å². The molecule has 5 nitrogen and oxygen atoms in total. The third kappa shape index (κ3) is 2.35. The number of hydrogen-bond donors (Lipinski definition) is 2. The van der Waals surface area contributed by atoms with Crippen LogP contribution < -0.4 is 11.1 Å². The van der Waals surface area contributed by atoms with E-state index in [4.69, 9.17) is 10.2 Å². The molecule has 3 rings (SSSR count). The van der Waals surface area contributed by atoms with Crippen LogP contribution in [0.25, 0.3) is 11.1 Å². The van der Waals surface area contributed by atoms with Crippen molar-refractivity contribution in [2.45, 2.75) is 13.5 Å². The predicted octanol–water partition coefficient (Wildman–Crippen LogP) is 2.73. The van der Waals surface area contributed by atoms with Gasteiger partial charge in [-0.1, -0.05) is 0 Å². The van der Waals surface area contributed by atoms with Gasteiger partial charge < -0.3 is 15.5 Å². The third-order valence-electron chi connectivity index (χ3n) is 2.99. The molecule has 0 bridgehead atoms. The smallest absolute Gasteiger partial charge is 0.295 e. The van der Waals surface area contributed by atoms with E-state index >= 15 is 0 Å². The molecule has 0 saturated heterocycles. The Morgan fingerprint density at radius 2 is 2.21 bits per heavy atom. The number of benzene rings is 1. The molecule has 96 valence electrons. The van der Waals surface area contributed by atoms with Gasteiger partial charge in [0.2, 0.25) is 0 Å². The van der Waals surface area contributed by atoms with Crippen molar-refractivity contribution in [2.75, 3.05) is 11.1 Å². The maximum absolute atomic E-state index is 5.70. The van der Waals surface area contributed by atoms with E-state index in [1.54, 1.807) is 18.3 Å². The molecule has 2 heterocycles. The highest BCUT2D eigenvalue weighted by Crippen LogP contribution is 2.21. The highest BCUT2D eigenvalue weighted by Gasteiger charge is 2.06. The van der Waals surface area contributed by atoms with Crippen LogP contribution in [-0.2, 0) is 6.54 Å². The summed E-state index contributed by atoms with van der Waals surface area (Å²) in [5.41, 5.74) is 10.1. The average Bonchev–Trinajstić information content (AvgIpc) is 2.79. The third-order valence-corrected chi connectivity index (χ3v) is 2.99. The SMILES string of the molecule is Cc1ccncc1CNc1nc2ccc(N)cc2o1. The van der Waals surface area contributed by atoms with Crippen molar-refractivity contribution < 1.29 is 4.42 Å². The van der Waals surface area contributed by atoms with Gasteiger partial charge in [-0.3, -0.25) is 4.98 Å². The Bertz CT molecular complexity index is 720. The molecule has 0 aliphatic rings. The summed E-state index contributed by atoms with van der Waals surface area (Å²) in [4.78, 5) is 8.45. The maximum Gasteiger partial charge on any atom is 0.295 e. The lowest BCUT2D eigenvalue weighted by molar-refractivity contribution is 0.614. The number of nitrogen functional groups attached to an aromatic ring is 1. The highest BCUT2D eigenvalue weighted by molar-refractivity contribution is 5.78. The molecule has 3 aromatic rings. The number of nitrogens with zero attached hydrogens (tertiary/aromatic N) is 2. The lowest BCUT2D eigenvalue weighted by Gasteiger charge is -2.04. The summed E-state index contributed by atoms with van der Waals surface area (Å²) in [6.45, 7) is 2.67. The Labute approximate surface area is 110 Å². The zero-order valence-electron chi connectivity index (χ0n) is 10.6.